The number of carbonyl (C=O) groups is 2. The molecule has 1 unspecified atom stereocenters. The van der Waals surface area contributed by atoms with Gasteiger partial charge in [0.2, 0.25) is 11.8 Å². The van der Waals surface area contributed by atoms with Gasteiger partial charge < -0.3 is 10.6 Å². The average Bonchev–Trinajstić information content (AvgIpc) is 2.60. The summed E-state index contributed by atoms with van der Waals surface area (Å²) in [5.74, 6) is 0.0255. The van der Waals surface area contributed by atoms with Gasteiger partial charge in [-0.05, 0) is 32.4 Å². The molecule has 2 amide bonds. The minimum atomic E-state index is -0.200. The zero-order valence-corrected chi connectivity index (χ0v) is 9.69. The normalized spacial score (nSPS) is 28.7. The molecule has 0 aromatic carbocycles. The molecule has 0 aliphatic carbocycles. The summed E-state index contributed by atoms with van der Waals surface area (Å²) in [5.41, 5.74) is 5.28. The van der Waals surface area contributed by atoms with Crippen LogP contribution in [0.15, 0.2) is 0 Å². The molecule has 2 heterocycles. The zero-order chi connectivity index (χ0) is 11.7. The highest BCUT2D eigenvalue weighted by Gasteiger charge is 2.36. The van der Waals surface area contributed by atoms with Crippen molar-refractivity contribution in [2.75, 3.05) is 26.7 Å². The minimum Gasteiger partial charge on any atom is -0.369 e. The van der Waals surface area contributed by atoms with Gasteiger partial charge in [0.05, 0.1) is 6.04 Å². The third-order valence-electron chi connectivity index (χ3n) is 3.77. The molecule has 2 saturated heterocycles. The van der Waals surface area contributed by atoms with Gasteiger partial charge in [-0.3, -0.25) is 14.5 Å². The van der Waals surface area contributed by atoms with Gasteiger partial charge in [0.15, 0.2) is 0 Å². The van der Waals surface area contributed by atoms with E-state index in [0.29, 0.717) is 0 Å². The van der Waals surface area contributed by atoms with Crippen molar-refractivity contribution in [2.45, 2.75) is 25.3 Å². The van der Waals surface area contributed by atoms with Crippen molar-refractivity contribution in [3.63, 3.8) is 0 Å². The van der Waals surface area contributed by atoms with Crippen molar-refractivity contribution >= 4 is 11.8 Å². The highest BCUT2D eigenvalue weighted by molar-refractivity contribution is 5.83. The molecule has 0 spiro atoms. The van der Waals surface area contributed by atoms with E-state index in [-0.39, 0.29) is 23.8 Å². The molecular formula is C11H19N3O2. The second-order valence-corrected chi connectivity index (χ2v) is 4.78. The Morgan fingerprint density at radius 2 is 1.88 bits per heavy atom. The largest absolute Gasteiger partial charge is 0.369 e. The van der Waals surface area contributed by atoms with Gasteiger partial charge in [0.1, 0.15) is 0 Å². The van der Waals surface area contributed by atoms with E-state index in [4.69, 9.17) is 5.73 Å². The van der Waals surface area contributed by atoms with E-state index in [9.17, 15) is 9.59 Å². The predicted molar refractivity (Wildman–Crippen MR) is 59.5 cm³/mol. The van der Waals surface area contributed by atoms with E-state index >= 15 is 0 Å². The summed E-state index contributed by atoms with van der Waals surface area (Å²) in [6.45, 7) is 2.48. The van der Waals surface area contributed by atoms with Gasteiger partial charge in [-0.25, -0.2) is 0 Å². The van der Waals surface area contributed by atoms with Gasteiger partial charge in [-0.2, -0.15) is 0 Å². The van der Waals surface area contributed by atoms with E-state index in [0.717, 1.165) is 38.9 Å². The van der Waals surface area contributed by atoms with Crippen LogP contribution < -0.4 is 5.73 Å². The lowest BCUT2D eigenvalue weighted by molar-refractivity contribution is -0.131. The number of primary amides is 1. The Kier molecular flexibility index (Phi) is 3.14. The van der Waals surface area contributed by atoms with Gasteiger partial charge in [-0.1, -0.05) is 0 Å². The third-order valence-corrected chi connectivity index (χ3v) is 3.77. The summed E-state index contributed by atoms with van der Waals surface area (Å²) in [7, 11) is 1.85. The zero-order valence-electron chi connectivity index (χ0n) is 9.69. The maximum atomic E-state index is 11.8. The van der Waals surface area contributed by atoms with Crippen molar-refractivity contribution in [3.8, 4) is 0 Å². The van der Waals surface area contributed by atoms with Crippen LogP contribution in [-0.4, -0.2) is 54.3 Å². The second kappa shape index (κ2) is 4.41. The summed E-state index contributed by atoms with van der Waals surface area (Å²) < 4.78 is 0. The number of amides is 2. The van der Waals surface area contributed by atoms with Gasteiger partial charge >= 0.3 is 0 Å². The van der Waals surface area contributed by atoms with Crippen LogP contribution in [0.4, 0.5) is 0 Å². The summed E-state index contributed by atoms with van der Waals surface area (Å²) in [6, 6.07) is 0.0406. The Hall–Kier alpha value is -1.10. The first kappa shape index (κ1) is 11.4. The minimum absolute atomic E-state index is 0.00508. The molecule has 5 nitrogen and oxygen atoms in total. The molecule has 0 saturated carbocycles. The fourth-order valence-electron chi connectivity index (χ4n) is 2.64. The Balaban J connectivity index is 1.90. The number of hydrogen-bond acceptors (Lipinski definition) is 3. The van der Waals surface area contributed by atoms with Crippen LogP contribution >= 0.6 is 0 Å². The van der Waals surface area contributed by atoms with Crippen molar-refractivity contribution < 1.29 is 9.59 Å². The highest BCUT2D eigenvalue weighted by Crippen LogP contribution is 2.23. The van der Waals surface area contributed by atoms with E-state index < -0.39 is 0 Å². The van der Waals surface area contributed by atoms with E-state index in [1.807, 2.05) is 7.05 Å². The van der Waals surface area contributed by atoms with Crippen LogP contribution in [0.25, 0.3) is 0 Å². The molecular weight excluding hydrogens is 206 g/mol. The molecule has 2 rings (SSSR count). The molecule has 1 atom stereocenters. The molecule has 2 aliphatic heterocycles. The average molecular weight is 225 g/mol. The number of nitrogens with zero attached hydrogens (tertiary/aromatic N) is 2. The maximum absolute atomic E-state index is 11.8. The molecule has 0 bridgehead atoms. The quantitative estimate of drug-likeness (QED) is 0.683. The lowest BCUT2D eigenvalue weighted by atomic mass is 9.95. The van der Waals surface area contributed by atoms with Crippen molar-refractivity contribution in [3.05, 3.63) is 0 Å². The second-order valence-electron chi connectivity index (χ2n) is 4.78. The first-order valence-electron chi connectivity index (χ1n) is 5.88. The summed E-state index contributed by atoms with van der Waals surface area (Å²) in [4.78, 5) is 26.8. The SMILES string of the molecule is CN1CCC(N2CCC(C(N)=O)CC2)C1=O. The third kappa shape index (κ3) is 2.04. The Morgan fingerprint density at radius 1 is 1.25 bits per heavy atom. The fraction of sp³-hybridized carbons (Fsp3) is 0.818. The number of rotatable bonds is 2. The monoisotopic (exact) mass is 225 g/mol. The van der Waals surface area contributed by atoms with E-state index in [1.165, 1.54) is 0 Å². The van der Waals surface area contributed by atoms with Gasteiger partial charge in [0.25, 0.3) is 0 Å². The molecule has 2 fully saturated rings. The molecule has 0 aromatic heterocycles. The predicted octanol–water partition coefficient (Wildman–Crippen LogP) is -0.586. The number of hydrogen-bond donors (Lipinski definition) is 1. The van der Waals surface area contributed by atoms with Crippen molar-refractivity contribution in [1.29, 1.82) is 0 Å². The van der Waals surface area contributed by atoms with Crippen molar-refractivity contribution in [1.82, 2.24) is 9.80 Å². The number of likely N-dealkylation sites (N-methyl/N-ethyl adjacent to an activating group) is 1. The first-order valence-corrected chi connectivity index (χ1v) is 5.88. The van der Waals surface area contributed by atoms with Gasteiger partial charge in [0, 0.05) is 19.5 Å². The van der Waals surface area contributed by atoms with E-state index in [2.05, 4.69) is 4.90 Å². The molecule has 0 radical (unpaired) electrons. The molecule has 90 valence electrons. The molecule has 5 heteroatoms. The maximum Gasteiger partial charge on any atom is 0.239 e. The molecule has 0 aromatic rings. The van der Waals surface area contributed by atoms with Crippen LogP contribution in [0.1, 0.15) is 19.3 Å². The van der Waals surface area contributed by atoms with Gasteiger partial charge in [-0.15, -0.1) is 0 Å². The van der Waals surface area contributed by atoms with Crippen LogP contribution in [-0.2, 0) is 9.59 Å². The summed E-state index contributed by atoms with van der Waals surface area (Å²) >= 11 is 0. The standard InChI is InChI=1S/C11H19N3O2/c1-13-5-4-9(11(13)16)14-6-2-8(3-7-14)10(12)15/h8-9H,2-7H2,1H3,(H2,12,15). The number of carbonyl (C=O) groups excluding carboxylic acids is 2. The number of piperidine rings is 1. The number of nitrogens with two attached hydrogens (primary N) is 1. The Labute approximate surface area is 95.6 Å². The Morgan fingerprint density at radius 3 is 2.31 bits per heavy atom. The molecule has 16 heavy (non-hydrogen) atoms. The van der Waals surface area contributed by atoms with Crippen LogP contribution in [0.2, 0.25) is 0 Å². The van der Waals surface area contributed by atoms with Crippen LogP contribution in [0.5, 0.6) is 0 Å². The lowest BCUT2D eigenvalue weighted by Crippen LogP contribution is -2.46. The van der Waals surface area contributed by atoms with Crippen molar-refractivity contribution in [2.24, 2.45) is 11.7 Å². The van der Waals surface area contributed by atoms with Crippen LogP contribution in [0.3, 0.4) is 0 Å². The first-order chi connectivity index (χ1) is 7.59. The fourth-order valence-corrected chi connectivity index (χ4v) is 2.64. The molecule has 2 aliphatic rings. The van der Waals surface area contributed by atoms with Crippen LogP contribution in [0, 0.1) is 5.92 Å². The smallest absolute Gasteiger partial charge is 0.239 e. The number of likely N-dealkylation sites (tertiary alicyclic amines) is 2. The van der Waals surface area contributed by atoms with E-state index in [1.54, 1.807) is 4.90 Å². The summed E-state index contributed by atoms with van der Waals surface area (Å²) in [5, 5.41) is 0. The Bertz CT molecular complexity index is 298. The molecule has 2 N–H and O–H groups in total. The summed E-state index contributed by atoms with van der Waals surface area (Å²) in [6.07, 6.45) is 2.50. The topological polar surface area (TPSA) is 66.6 Å². The highest BCUT2D eigenvalue weighted by atomic mass is 16.2. The lowest BCUT2D eigenvalue weighted by Gasteiger charge is -2.33.